The summed E-state index contributed by atoms with van der Waals surface area (Å²) in [4.78, 5) is 15.9. The van der Waals surface area contributed by atoms with Crippen LogP contribution >= 0.6 is 15.9 Å². The maximum absolute atomic E-state index is 11.6. The van der Waals surface area contributed by atoms with Crippen LogP contribution in [-0.4, -0.2) is 10.8 Å². The molecular weight excluding hydrogens is 230 g/mol. The van der Waals surface area contributed by atoms with Gasteiger partial charge < -0.3 is 0 Å². The number of fused-ring (bicyclic) bond motifs is 1. The lowest BCUT2D eigenvalue weighted by atomic mass is 9.89. The number of carbonyl (C=O) groups excluding carboxylic acids is 1. The van der Waals surface area contributed by atoms with E-state index in [-0.39, 0.29) is 5.78 Å². The molecule has 1 heterocycles. The molecule has 0 aliphatic heterocycles. The van der Waals surface area contributed by atoms with Crippen LogP contribution in [0.25, 0.3) is 0 Å². The van der Waals surface area contributed by atoms with Gasteiger partial charge in [-0.15, -0.1) is 0 Å². The van der Waals surface area contributed by atoms with Gasteiger partial charge in [0, 0.05) is 17.1 Å². The number of hydrogen-bond donors (Lipinski definition) is 0. The van der Waals surface area contributed by atoms with Crippen molar-refractivity contribution >= 4 is 21.7 Å². The number of pyridine rings is 1. The fourth-order valence-corrected chi connectivity index (χ4v) is 2.08. The largest absolute Gasteiger partial charge is 0.298 e. The maximum atomic E-state index is 11.6. The molecule has 0 saturated carbocycles. The molecular formula is C10H10BrNO. The van der Waals surface area contributed by atoms with Gasteiger partial charge in [0.1, 0.15) is 5.78 Å². The Morgan fingerprint density at radius 3 is 2.92 bits per heavy atom. The third-order valence-corrected chi connectivity index (χ3v) is 3.01. The molecule has 2 nitrogen and oxygen atoms in total. The number of nitrogens with zero attached hydrogens (tertiary/aromatic N) is 1. The van der Waals surface area contributed by atoms with Gasteiger partial charge in [-0.25, -0.2) is 0 Å². The zero-order valence-electron chi connectivity index (χ0n) is 7.60. The van der Waals surface area contributed by atoms with E-state index in [0.717, 1.165) is 15.7 Å². The first-order valence-corrected chi connectivity index (χ1v) is 4.99. The minimum absolute atomic E-state index is 0.258. The van der Waals surface area contributed by atoms with Crippen molar-refractivity contribution in [2.24, 2.45) is 0 Å². The van der Waals surface area contributed by atoms with E-state index in [1.54, 1.807) is 6.20 Å². The van der Waals surface area contributed by atoms with Crippen LogP contribution in [0.4, 0.5) is 0 Å². The average molecular weight is 240 g/mol. The first-order chi connectivity index (χ1) is 6.01. The van der Waals surface area contributed by atoms with E-state index in [9.17, 15) is 4.79 Å². The third kappa shape index (κ3) is 1.22. The molecule has 0 N–H and O–H groups in total. The average Bonchev–Trinajstić information content (AvgIpc) is 2.23. The number of halogens is 1. The third-order valence-electron chi connectivity index (χ3n) is 2.57. The van der Waals surface area contributed by atoms with Gasteiger partial charge >= 0.3 is 0 Å². The Labute approximate surface area is 85.5 Å². The predicted molar refractivity (Wildman–Crippen MR) is 53.7 cm³/mol. The Kier molecular flexibility index (Phi) is 1.80. The molecule has 1 aliphatic carbocycles. The molecule has 0 saturated heterocycles. The number of hydrogen-bond acceptors (Lipinski definition) is 2. The van der Waals surface area contributed by atoms with Gasteiger partial charge in [0.2, 0.25) is 0 Å². The lowest BCUT2D eigenvalue weighted by Crippen LogP contribution is -2.24. The molecule has 0 radical (unpaired) electrons. The van der Waals surface area contributed by atoms with Crippen LogP contribution in [-0.2, 0) is 16.6 Å². The molecule has 68 valence electrons. The number of aromatic nitrogens is 1. The Morgan fingerprint density at radius 1 is 1.54 bits per heavy atom. The van der Waals surface area contributed by atoms with Gasteiger partial charge in [-0.05, 0) is 41.4 Å². The van der Waals surface area contributed by atoms with Crippen molar-refractivity contribution in [2.75, 3.05) is 0 Å². The molecule has 1 aromatic rings. The SMILES string of the molecule is CC1(C)C(=O)Cc2cc(Br)cnc21. The Hall–Kier alpha value is -0.700. The molecule has 0 spiro atoms. The van der Waals surface area contributed by atoms with E-state index in [1.807, 2.05) is 19.9 Å². The second-order valence-corrected chi connectivity index (χ2v) is 4.80. The van der Waals surface area contributed by atoms with E-state index in [4.69, 9.17) is 0 Å². The maximum Gasteiger partial charge on any atom is 0.148 e. The molecule has 0 atom stereocenters. The minimum atomic E-state index is -0.393. The summed E-state index contributed by atoms with van der Waals surface area (Å²) in [7, 11) is 0. The van der Waals surface area contributed by atoms with Crippen molar-refractivity contribution in [3.63, 3.8) is 0 Å². The molecule has 13 heavy (non-hydrogen) atoms. The minimum Gasteiger partial charge on any atom is -0.298 e. The van der Waals surface area contributed by atoms with Crippen LogP contribution in [0.1, 0.15) is 25.1 Å². The Morgan fingerprint density at radius 2 is 2.23 bits per heavy atom. The molecule has 0 unspecified atom stereocenters. The van der Waals surface area contributed by atoms with Crippen LogP contribution < -0.4 is 0 Å². The smallest absolute Gasteiger partial charge is 0.148 e. The van der Waals surface area contributed by atoms with Gasteiger partial charge in [-0.3, -0.25) is 9.78 Å². The second kappa shape index (κ2) is 2.64. The van der Waals surface area contributed by atoms with Crippen molar-refractivity contribution in [1.82, 2.24) is 4.98 Å². The number of rotatable bonds is 0. The molecule has 1 aliphatic rings. The zero-order chi connectivity index (χ0) is 9.64. The number of ketones is 1. The van der Waals surface area contributed by atoms with Crippen LogP contribution in [0, 0.1) is 0 Å². The van der Waals surface area contributed by atoms with Crippen molar-refractivity contribution < 1.29 is 4.79 Å². The molecule has 0 aromatic carbocycles. The molecule has 1 aromatic heterocycles. The summed E-state index contributed by atoms with van der Waals surface area (Å²) < 4.78 is 0.941. The standard InChI is InChI=1S/C10H10BrNO/c1-10(2)8(13)4-6-3-7(11)5-12-9(6)10/h3,5H,4H2,1-2H3. The summed E-state index contributed by atoms with van der Waals surface area (Å²) in [6.07, 6.45) is 2.27. The lowest BCUT2D eigenvalue weighted by Gasteiger charge is -2.15. The normalized spacial score (nSPS) is 18.8. The summed E-state index contributed by atoms with van der Waals surface area (Å²) in [5.41, 5.74) is 1.60. The summed E-state index contributed by atoms with van der Waals surface area (Å²) in [6.45, 7) is 3.87. The monoisotopic (exact) mass is 239 g/mol. The van der Waals surface area contributed by atoms with E-state index in [0.29, 0.717) is 6.42 Å². The van der Waals surface area contributed by atoms with Crippen molar-refractivity contribution in [3.8, 4) is 0 Å². The number of carbonyl (C=O) groups is 1. The molecule has 2 rings (SSSR count). The van der Waals surface area contributed by atoms with Gasteiger partial charge in [-0.1, -0.05) is 0 Å². The molecule has 0 bridgehead atoms. The van der Waals surface area contributed by atoms with E-state index >= 15 is 0 Å². The lowest BCUT2D eigenvalue weighted by molar-refractivity contribution is -0.121. The highest BCUT2D eigenvalue weighted by Gasteiger charge is 2.39. The number of Topliss-reactive ketones (excluding diaryl/α,β-unsaturated/α-hetero) is 1. The van der Waals surface area contributed by atoms with E-state index < -0.39 is 5.41 Å². The Bertz CT molecular complexity index is 385. The summed E-state index contributed by atoms with van der Waals surface area (Å²) >= 11 is 3.35. The van der Waals surface area contributed by atoms with Crippen molar-refractivity contribution in [3.05, 3.63) is 28.0 Å². The molecule has 0 fully saturated rings. The zero-order valence-corrected chi connectivity index (χ0v) is 9.18. The summed E-state index contributed by atoms with van der Waals surface area (Å²) in [5.74, 6) is 0.258. The van der Waals surface area contributed by atoms with Gasteiger partial charge in [-0.2, -0.15) is 0 Å². The fraction of sp³-hybridized carbons (Fsp3) is 0.400. The molecule has 0 amide bonds. The van der Waals surface area contributed by atoms with E-state index in [1.165, 1.54) is 0 Å². The van der Waals surface area contributed by atoms with Gasteiger partial charge in [0.25, 0.3) is 0 Å². The summed E-state index contributed by atoms with van der Waals surface area (Å²) in [5, 5.41) is 0. The van der Waals surface area contributed by atoms with Crippen LogP contribution in [0.2, 0.25) is 0 Å². The van der Waals surface area contributed by atoms with Crippen LogP contribution in [0.5, 0.6) is 0 Å². The van der Waals surface area contributed by atoms with Crippen molar-refractivity contribution in [2.45, 2.75) is 25.7 Å². The summed E-state index contributed by atoms with van der Waals surface area (Å²) in [6, 6.07) is 1.98. The molecule has 3 heteroatoms. The topological polar surface area (TPSA) is 30.0 Å². The first-order valence-electron chi connectivity index (χ1n) is 4.20. The van der Waals surface area contributed by atoms with Gasteiger partial charge in [0.05, 0.1) is 11.1 Å². The highest BCUT2D eigenvalue weighted by molar-refractivity contribution is 9.10. The van der Waals surface area contributed by atoms with Gasteiger partial charge in [0.15, 0.2) is 0 Å². The first kappa shape index (κ1) is 8.88. The van der Waals surface area contributed by atoms with Crippen LogP contribution in [0.15, 0.2) is 16.7 Å². The van der Waals surface area contributed by atoms with Crippen molar-refractivity contribution in [1.29, 1.82) is 0 Å². The van der Waals surface area contributed by atoms with Crippen LogP contribution in [0.3, 0.4) is 0 Å². The second-order valence-electron chi connectivity index (χ2n) is 3.89. The van der Waals surface area contributed by atoms with E-state index in [2.05, 4.69) is 20.9 Å². The fourth-order valence-electron chi connectivity index (χ4n) is 1.70. The predicted octanol–water partition coefficient (Wildman–Crippen LogP) is 2.25. The highest BCUT2D eigenvalue weighted by Crippen LogP contribution is 2.34. The highest BCUT2D eigenvalue weighted by atomic mass is 79.9. The Balaban J connectivity index is 2.62. The quantitative estimate of drug-likeness (QED) is 0.696.